The summed E-state index contributed by atoms with van der Waals surface area (Å²) in [6, 6.07) is 11.6. The average molecular weight is 306 g/mol. The smallest absolute Gasteiger partial charge is 0.254 e. The van der Waals surface area contributed by atoms with E-state index in [1.54, 1.807) is 12.4 Å². The highest BCUT2D eigenvalue weighted by Gasteiger charge is 2.27. The Labute approximate surface area is 134 Å². The summed E-state index contributed by atoms with van der Waals surface area (Å²) in [6.45, 7) is 1.54. The van der Waals surface area contributed by atoms with Crippen LogP contribution in [0.1, 0.15) is 34.8 Å². The van der Waals surface area contributed by atoms with Gasteiger partial charge in [-0.2, -0.15) is 5.10 Å². The molecule has 0 spiro atoms. The minimum absolute atomic E-state index is 0.0906. The van der Waals surface area contributed by atoms with Gasteiger partial charge >= 0.3 is 0 Å². The Morgan fingerprint density at radius 2 is 2.13 bits per heavy atom. The molecule has 0 aliphatic carbocycles. The van der Waals surface area contributed by atoms with Crippen LogP contribution in [0.15, 0.2) is 48.8 Å². The highest BCUT2D eigenvalue weighted by molar-refractivity contribution is 6.06. The summed E-state index contributed by atoms with van der Waals surface area (Å²) >= 11 is 0. The number of hydrogen-bond donors (Lipinski definition) is 1. The molecule has 23 heavy (non-hydrogen) atoms. The molecule has 1 aliphatic heterocycles. The number of nitrogens with one attached hydrogen (secondary N) is 1. The first kappa shape index (κ1) is 13.9. The third-order valence-electron chi connectivity index (χ3n) is 4.55. The first-order chi connectivity index (χ1) is 11.3. The molecule has 5 nitrogen and oxygen atoms in total. The molecule has 2 aromatic heterocycles. The van der Waals surface area contributed by atoms with Gasteiger partial charge in [-0.1, -0.05) is 12.1 Å². The predicted molar refractivity (Wildman–Crippen MR) is 88.2 cm³/mol. The number of pyridine rings is 1. The van der Waals surface area contributed by atoms with Crippen LogP contribution in [-0.4, -0.2) is 39.1 Å². The Morgan fingerprint density at radius 1 is 1.17 bits per heavy atom. The van der Waals surface area contributed by atoms with E-state index < -0.39 is 0 Å². The maximum atomic E-state index is 13.0. The fourth-order valence-electron chi connectivity index (χ4n) is 3.37. The van der Waals surface area contributed by atoms with Gasteiger partial charge in [0.15, 0.2) is 0 Å². The van der Waals surface area contributed by atoms with E-state index in [1.807, 2.05) is 41.3 Å². The van der Waals surface area contributed by atoms with Crippen LogP contribution in [0.2, 0.25) is 0 Å². The molecular weight excluding hydrogens is 288 g/mol. The predicted octanol–water partition coefficient (Wildman–Crippen LogP) is 2.98. The van der Waals surface area contributed by atoms with Gasteiger partial charge in [0, 0.05) is 48.0 Å². The molecule has 3 heterocycles. The van der Waals surface area contributed by atoms with Gasteiger partial charge in [-0.05, 0) is 37.1 Å². The highest BCUT2D eigenvalue weighted by Crippen LogP contribution is 2.27. The first-order valence-electron chi connectivity index (χ1n) is 7.95. The summed E-state index contributed by atoms with van der Waals surface area (Å²) in [6.07, 6.45) is 5.62. The van der Waals surface area contributed by atoms with Gasteiger partial charge in [-0.25, -0.2) is 0 Å². The van der Waals surface area contributed by atoms with Crippen LogP contribution in [0.3, 0.4) is 0 Å². The van der Waals surface area contributed by atoms with Crippen LogP contribution in [0.5, 0.6) is 0 Å². The van der Waals surface area contributed by atoms with Gasteiger partial charge in [0.25, 0.3) is 5.91 Å². The number of carbonyl (C=O) groups is 1. The number of piperidine rings is 1. The molecule has 3 aromatic rings. The van der Waals surface area contributed by atoms with Crippen molar-refractivity contribution in [3.63, 3.8) is 0 Å². The molecule has 1 amide bonds. The number of rotatable bonds is 2. The van der Waals surface area contributed by atoms with E-state index in [1.165, 1.54) is 0 Å². The summed E-state index contributed by atoms with van der Waals surface area (Å²) in [5.41, 5.74) is 2.71. The number of hydrogen-bond acceptors (Lipinski definition) is 3. The standard InChI is InChI=1S/C18H18N4O/c23-18(15-5-1-7-17-14(15)6-2-9-19-17)22-11-3-4-13(12-22)16-8-10-20-21-16/h1-2,5-10,13H,3-4,11-12H2,(H,20,21)/t13-/m0/s1. The third-order valence-corrected chi connectivity index (χ3v) is 4.55. The molecule has 5 heteroatoms. The number of aromatic nitrogens is 3. The topological polar surface area (TPSA) is 61.9 Å². The lowest BCUT2D eigenvalue weighted by Crippen LogP contribution is -2.39. The van der Waals surface area contributed by atoms with E-state index in [2.05, 4.69) is 15.2 Å². The van der Waals surface area contributed by atoms with Crippen molar-refractivity contribution in [3.05, 3.63) is 60.0 Å². The van der Waals surface area contributed by atoms with Crippen molar-refractivity contribution in [1.82, 2.24) is 20.1 Å². The van der Waals surface area contributed by atoms with E-state index in [0.717, 1.165) is 48.1 Å². The number of benzene rings is 1. The molecule has 0 unspecified atom stereocenters. The van der Waals surface area contributed by atoms with Gasteiger partial charge in [0.1, 0.15) is 0 Å². The van der Waals surface area contributed by atoms with Crippen LogP contribution >= 0.6 is 0 Å². The highest BCUT2D eigenvalue weighted by atomic mass is 16.2. The third kappa shape index (κ3) is 2.59. The van der Waals surface area contributed by atoms with Crippen molar-refractivity contribution < 1.29 is 4.79 Å². The van der Waals surface area contributed by atoms with Crippen LogP contribution in [0.25, 0.3) is 10.9 Å². The van der Waals surface area contributed by atoms with Crippen LogP contribution in [0, 0.1) is 0 Å². The normalized spacial score (nSPS) is 18.3. The van der Waals surface area contributed by atoms with Crippen molar-refractivity contribution in [1.29, 1.82) is 0 Å². The van der Waals surface area contributed by atoms with E-state index in [9.17, 15) is 4.79 Å². The van der Waals surface area contributed by atoms with Gasteiger partial charge < -0.3 is 4.90 Å². The number of nitrogens with zero attached hydrogens (tertiary/aromatic N) is 3. The lowest BCUT2D eigenvalue weighted by molar-refractivity contribution is 0.0708. The summed E-state index contributed by atoms with van der Waals surface area (Å²) in [4.78, 5) is 19.3. The summed E-state index contributed by atoms with van der Waals surface area (Å²) in [5.74, 6) is 0.427. The second-order valence-corrected chi connectivity index (χ2v) is 5.98. The lowest BCUT2D eigenvalue weighted by atomic mass is 9.94. The molecule has 1 N–H and O–H groups in total. The SMILES string of the molecule is O=C(c1cccc2ncccc12)N1CCC[C@H](c2ccn[nH]2)C1. The molecule has 1 aliphatic rings. The van der Waals surface area contributed by atoms with Crippen LogP contribution < -0.4 is 0 Å². The van der Waals surface area contributed by atoms with E-state index in [0.29, 0.717) is 5.92 Å². The lowest BCUT2D eigenvalue weighted by Gasteiger charge is -2.32. The Balaban J connectivity index is 1.63. The maximum Gasteiger partial charge on any atom is 0.254 e. The monoisotopic (exact) mass is 306 g/mol. The number of H-pyrrole nitrogens is 1. The Kier molecular flexibility index (Phi) is 3.54. The number of aromatic amines is 1. The van der Waals surface area contributed by atoms with E-state index >= 15 is 0 Å². The molecule has 0 radical (unpaired) electrons. The van der Waals surface area contributed by atoms with Gasteiger partial charge in [-0.3, -0.25) is 14.9 Å². The van der Waals surface area contributed by atoms with E-state index in [4.69, 9.17) is 0 Å². The van der Waals surface area contributed by atoms with Gasteiger partial charge in [0.05, 0.1) is 5.52 Å². The van der Waals surface area contributed by atoms with Gasteiger partial charge in [-0.15, -0.1) is 0 Å². The zero-order chi connectivity index (χ0) is 15.6. The van der Waals surface area contributed by atoms with Crippen molar-refractivity contribution in [2.45, 2.75) is 18.8 Å². The second-order valence-electron chi connectivity index (χ2n) is 5.98. The van der Waals surface area contributed by atoms with Gasteiger partial charge in [0.2, 0.25) is 0 Å². The minimum Gasteiger partial charge on any atom is -0.338 e. The Morgan fingerprint density at radius 3 is 3.00 bits per heavy atom. The van der Waals surface area contributed by atoms with E-state index in [-0.39, 0.29) is 5.91 Å². The van der Waals surface area contributed by atoms with Crippen molar-refractivity contribution >= 4 is 16.8 Å². The molecular formula is C18H18N4O. The Bertz CT molecular complexity index is 823. The molecule has 1 aromatic carbocycles. The molecule has 1 fully saturated rings. The second kappa shape index (κ2) is 5.83. The van der Waals surface area contributed by atoms with Crippen LogP contribution in [-0.2, 0) is 0 Å². The molecule has 1 atom stereocenters. The van der Waals surface area contributed by atoms with Crippen molar-refractivity contribution in [3.8, 4) is 0 Å². The zero-order valence-electron chi connectivity index (χ0n) is 12.8. The quantitative estimate of drug-likeness (QED) is 0.791. The number of fused-ring (bicyclic) bond motifs is 1. The number of likely N-dealkylation sites (tertiary alicyclic amines) is 1. The fraction of sp³-hybridized carbons (Fsp3) is 0.278. The van der Waals surface area contributed by atoms with Crippen molar-refractivity contribution in [2.75, 3.05) is 13.1 Å². The average Bonchev–Trinajstić information content (AvgIpc) is 3.15. The largest absolute Gasteiger partial charge is 0.338 e. The number of carbonyl (C=O) groups excluding carboxylic acids is 1. The summed E-state index contributed by atoms with van der Waals surface area (Å²) in [5, 5.41) is 7.99. The minimum atomic E-state index is 0.0906. The zero-order valence-corrected chi connectivity index (χ0v) is 12.8. The molecule has 0 bridgehead atoms. The van der Waals surface area contributed by atoms with Crippen LogP contribution in [0.4, 0.5) is 0 Å². The Hall–Kier alpha value is -2.69. The summed E-state index contributed by atoms with van der Waals surface area (Å²) in [7, 11) is 0. The fourth-order valence-corrected chi connectivity index (χ4v) is 3.37. The maximum absolute atomic E-state index is 13.0. The first-order valence-corrected chi connectivity index (χ1v) is 7.95. The molecule has 4 rings (SSSR count). The summed E-state index contributed by atoms with van der Waals surface area (Å²) < 4.78 is 0. The number of amides is 1. The molecule has 0 saturated carbocycles. The molecule has 116 valence electrons. The van der Waals surface area contributed by atoms with Crippen molar-refractivity contribution in [2.24, 2.45) is 0 Å². The molecule has 1 saturated heterocycles.